The number of esters is 2. The fraction of sp³-hybridized carbons (Fsp3) is 0.455. The van der Waals surface area contributed by atoms with Crippen LogP contribution in [0.25, 0.3) is 0 Å². The lowest BCUT2D eigenvalue weighted by Gasteiger charge is -2.03. The van der Waals surface area contributed by atoms with Gasteiger partial charge in [-0.05, 0) is 13.0 Å². The van der Waals surface area contributed by atoms with Crippen molar-refractivity contribution in [1.82, 2.24) is 9.78 Å². The molecule has 8 heteroatoms. The maximum Gasteiger partial charge on any atom is 0.362 e. The van der Waals surface area contributed by atoms with E-state index >= 15 is 0 Å². The second-order valence-corrected chi connectivity index (χ2v) is 3.38. The van der Waals surface area contributed by atoms with E-state index in [0.29, 0.717) is 5.69 Å². The monoisotopic (exact) mass is 269 g/mol. The van der Waals surface area contributed by atoms with E-state index in [2.05, 4.69) is 19.7 Å². The van der Waals surface area contributed by atoms with E-state index in [9.17, 15) is 9.59 Å². The van der Waals surface area contributed by atoms with Gasteiger partial charge in [-0.1, -0.05) is 5.16 Å². The Bertz CT molecular complexity index is 480. The molecule has 1 rings (SSSR count). The van der Waals surface area contributed by atoms with Gasteiger partial charge in [-0.2, -0.15) is 5.10 Å². The molecule has 0 aromatic carbocycles. The first-order valence-corrected chi connectivity index (χ1v) is 5.52. The van der Waals surface area contributed by atoms with E-state index in [1.54, 1.807) is 26.2 Å². The van der Waals surface area contributed by atoms with Crippen molar-refractivity contribution in [3.05, 3.63) is 18.0 Å². The number of aryl methyl sites for hydroxylation is 1. The number of carbonyl (C=O) groups is 2. The Morgan fingerprint density at radius 2 is 2.21 bits per heavy atom. The molecule has 1 aromatic heterocycles. The Hall–Kier alpha value is -2.38. The molecule has 1 heterocycles. The fourth-order valence-corrected chi connectivity index (χ4v) is 1.18. The molecule has 0 aliphatic carbocycles. The molecule has 0 aliphatic heterocycles. The molecule has 0 saturated heterocycles. The van der Waals surface area contributed by atoms with Gasteiger partial charge in [-0.25, -0.2) is 9.59 Å². The highest BCUT2D eigenvalue weighted by Gasteiger charge is 2.18. The zero-order chi connectivity index (χ0) is 14.3. The normalized spacial score (nSPS) is 11.0. The summed E-state index contributed by atoms with van der Waals surface area (Å²) < 4.78 is 10.7. The van der Waals surface area contributed by atoms with E-state index in [1.165, 1.54) is 11.8 Å². The van der Waals surface area contributed by atoms with Crippen molar-refractivity contribution in [1.29, 1.82) is 0 Å². The number of ether oxygens (including phenoxy) is 2. The highest BCUT2D eigenvalue weighted by atomic mass is 16.7. The molecular formula is C11H15N3O5. The van der Waals surface area contributed by atoms with Crippen LogP contribution < -0.4 is 0 Å². The Morgan fingerprint density at radius 1 is 1.47 bits per heavy atom. The fourth-order valence-electron chi connectivity index (χ4n) is 1.18. The van der Waals surface area contributed by atoms with Gasteiger partial charge in [0, 0.05) is 13.2 Å². The highest BCUT2D eigenvalue weighted by Crippen LogP contribution is 2.00. The maximum atomic E-state index is 11.5. The standard InChI is InChI=1S/C11H15N3O5/c1-4-18-9(15)7-19-13-10(11(16)17-3)8-5-6-14(2)12-8/h5-6H,4,7H2,1-3H3/b13-10-. The number of aromatic nitrogens is 2. The maximum absolute atomic E-state index is 11.5. The molecule has 0 unspecified atom stereocenters. The van der Waals surface area contributed by atoms with Gasteiger partial charge in [-0.15, -0.1) is 0 Å². The predicted octanol–water partition coefficient (Wildman–Crippen LogP) is -0.123. The van der Waals surface area contributed by atoms with Crippen molar-refractivity contribution < 1.29 is 23.9 Å². The zero-order valence-corrected chi connectivity index (χ0v) is 11.0. The second kappa shape index (κ2) is 7.14. The molecule has 0 bridgehead atoms. The van der Waals surface area contributed by atoms with Gasteiger partial charge < -0.3 is 14.3 Å². The zero-order valence-electron chi connectivity index (χ0n) is 11.0. The minimum absolute atomic E-state index is 0.118. The molecule has 0 fully saturated rings. The average Bonchev–Trinajstić information content (AvgIpc) is 2.80. The third kappa shape index (κ3) is 4.41. The lowest BCUT2D eigenvalue weighted by molar-refractivity contribution is -0.148. The molecule has 1 aromatic rings. The lowest BCUT2D eigenvalue weighted by Crippen LogP contribution is -2.20. The Balaban J connectivity index is 2.75. The van der Waals surface area contributed by atoms with Crippen molar-refractivity contribution in [2.24, 2.45) is 12.2 Å². The van der Waals surface area contributed by atoms with E-state index < -0.39 is 11.9 Å². The van der Waals surface area contributed by atoms with Crippen molar-refractivity contribution in [3.8, 4) is 0 Å². The molecule has 0 N–H and O–H groups in total. The van der Waals surface area contributed by atoms with Crippen LogP contribution in [0.4, 0.5) is 0 Å². The van der Waals surface area contributed by atoms with Gasteiger partial charge in [-0.3, -0.25) is 4.68 Å². The third-order valence-electron chi connectivity index (χ3n) is 1.98. The average molecular weight is 269 g/mol. The van der Waals surface area contributed by atoms with Crippen LogP contribution in [0, 0.1) is 0 Å². The summed E-state index contributed by atoms with van der Waals surface area (Å²) in [5.41, 5.74) is 0.172. The van der Waals surface area contributed by atoms with Crippen LogP contribution in [-0.2, 0) is 30.9 Å². The van der Waals surface area contributed by atoms with Crippen molar-refractivity contribution in [3.63, 3.8) is 0 Å². The van der Waals surface area contributed by atoms with Crippen LogP contribution in [0.15, 0.2) is 17.4 Å². The first kappa shape index (κ1) is 14.7. The first-order chi connectivity index (χ1) is 9.08. The van der Waals surface area contributed by atoms with Gasteiger partial charge >= 0.3 is 11.9 Å². The van der Waals surface area contributed by atoms with Crippen LogP contribution in [0.5, 0.6) is 0 Å². The predicted molar refractivity (Wildman–Crippen MR) is 64.3 cm³/mol. The summed E-state index contributed by atoms with van der Waals surface area (Å²) in [6.07, 6.45) is 1.64. The van der Waals surface area contributed by atoms with Crippen molar-refractivity contribution in [2.75, 3.05) is 20.3 Å². The van der Waals surface area contributed by atoms with E-state index in [-0.39, 0.29) is 18.9 Å². The molecule has 0 spiro atoms. The Labute approximate surface area is 109 Å². The molecule has 0 amide bonds. The minimum Gasteiger partial charge on any atom is -0.464 e. The summed E-state index contributed by atoms with van der Waals surface area (Å²) in [5, 5.41) is 7.57. The van der Waals surface area contributed by atoms with Gasteiger partial charge in [0.05, 0.1) is 13.7 Å². The van der Waals surface area contributed by atoms with Crippen LogP contribution in [-0.4, -0.2) is 47.8 Å². The molecule has 8 nitrogen and oxygen atoms in total. The summed E-state index contributed by atoms with van der Waals surface area (Å²) in [4.78, 5) is 27.3. The molecule has 19 heavy (non-hydrogen) atoms. The van der Waals surface area contributed by atoms with Crippen molar-refractivity contribution >= 4 is 17.7 Å². The third-order valence-corrected chi connectivity index (χ3v) is 1.98. The Morgan fingerprint density at radius 3 is 2.74 bits per heavy atom. The van der Waals surface area contributed by atoms with Gasteiger partial charge in [0.1, 0.15) is 5.69 Å². The lowest BCUT2D eigenvalue weighted by atomic mass is 10.3. The van der Waals surface area contributed by atoms with E-state index in [1.807, 2.05) is 0 Å². The summed E-state index contributed by atoms with van der Waals surface area (Å²) in [7, 11) is 2.91. The second-order valence-electron chi connectivity index (χ2n) is 3.38. The molecule has 0 radical (unpaired) electrons. The Kier molecular flexibility index (Phi) is 5.52. The van der Waals surface area contributed by atoms with Gasteiger partial charge in [0.15, 0.2) is 0 Å². The summed E-state index contributed by atoms with van der Waals surface area (Å²) in [6.45, 7) is 1.53. The summed E-state index contributed by atoms with van der Waals surface area (Å²) in [6, 6.07) is 1.57. The summed E-state index contributed by atoms with van der Waals surface area (Å²) in [5.74, 6) is -1.28. The number of hydrogen-bond donors (Lipinski definition) is 0. The molecular weight excluding hydrogens is 254 g/mol. The molecule has 0 atom stereocenters. The number of hydrogen-bond acceptors (Lipinski definition) is 7. The number of methoxy groups -OCH3 is 1. The van der Waals surface area contributed by atoms with Crippen LogP contribution >= 0.6 is 0 Å². The minimum atomic E-state index is -0.706. The summed E-state index contributed by atoms with van der Waals surface area (Å²) >= 11 is 0. The van der Waals surface area contributed by atoms with Crippen molar-refractivity contribution in [2.45, 2.75) is 6.92 Å². The quantitative estimate of drug-likeness (QED) is 0.406. The van der Waals surface area contributed by atoms with Gasteiger partial charge in [0.25, 0.3) is 0 Å². The van der Waals surface area contributed by atoms with Crippen LogP contribution in [0.3, 0.4) is 0 Å². The number of oxime groups is 1. The smallest absolute Gasteiger partial charge is 0.362 e. The highest BCUT2D eigenvalue weighted by molar-refractivity contribution is 6.42. The topological polar surface area (TPSA) is 92.0 Å². The van der Waals surface area contributed by atoms with Gasteiger partial charge in [0.2, 0.25) is 12.3 Å². The molecule has 104 valence electrons. The number of carbonyl (C=O) groups excluding carboxylic acids is 2. The van der Waals surface area contributed by atoms with E-state index in [0.717, 1.165) is 0 Å². The number of rotatable bonds is 6. The van der Waals surface area contributed by atoms with E-state index in [4.69, 9.17) is 4.84 Å². The number of nitrogens with zero attached hydrogens (tertiary/aromatic N) is 3. The molecule has 0 saturated carbocycles. The molecule has 0 aliphatic rings. The van der Waals surface area contributed by atoms with Crippen LogP contribution in [0.1, 0.15) is 12.6 Å². The first-order valence-electron chi connectivity index (χ1n) is 5.52. The van der Waals surface area contributed by atoms with Crippen LogP contribution in [0.2, 0.25) is 0 Å². The largest absolute Gasteiger partial charge is 0.464 e. The SMILES string of the molecule is CCOC(=O)CO/N=C(\C(=O)OC)c1ccn(C)n1.